The van der Waals surface area contributed by atoms with Gasteiger partial charge in [-0.2, -0.15) is 0 Å². The normalized spacial score (nSPS) is 8.85. The van der Waals surface area contributed by atoms with Gasteiger partial charge in [0.05, 0.1) is 0 Å². The van der Waals surface area contributed by atoms with Gasteiger partial charge in [-0.05, 0) is 24.6 Å². The molecule has 0 saturated heterocycles. The molecule has 2 nitrogen and oxygen atoms in total. The molecular formula is C10H10BrNO. The number of aromatic nitrogens is 1. The highest BCUT2D eigenvalue weighted by Gasteiger charge is 1.95. The SMILES string of the molecule is Cc1cc(OCC#CBr)cc(C)n1. The number of halogens is 1. The Kier molecular flexibility index (Phi) is 3.78. The molecule has 1 rings (SSSR count). The Bertz CT molecular complexity index is 331. The summed E-state index contributed by atoms with van der Waals surface area (Å²) in [6, 6.07) is 3.78. The van der Waals surface area contributed by atoms with E-state index >= 15 is 0 Å². The molecule has 1 aromatic heterocycles. The lowest BCUT2D eigenvalue weighted by atomic mass is 10.3. The Morgan fingerprint density at radius 2 is 2.00 bits per heavy atom. The topological polar surface area (TPSA) is 22.1 Å². The first kappa shape index (κ1) is 10.1. The quantitative estimate of drug-likeness (QED) is 0.740. The van der Waals surface area contributed by atoms with Crippen molar-refractivity contribution in [2.24, 2.45) is 0 Å². The molecular weight excluding hydrogens is 230 g/mol. The van der Waals surface area contributed by atoms with Crippen LogP contribution in [0.25, 0.3) is 0 Å². The lowest BCUT2D eigenvalue weighted by Crippen LogP contribution is -1.96. The summed E-state index contributed by atoms with van der Waals surface area (Å²) in [7, 11) is 0. The number of pyridine rings is 1. The molecule has 0 amide bonds. The molecule has 0 aliphatic heterocycles. The van der Waals surface area contributed by atoms with Gasteiger partial charge in [0, 0.05) is 39.5 Å². The second kappa shape index (κ2) is 4.88. The summed E-state index contributed by atoms with van der Waals surface area (Å²) in [5.74, 6) is 3.58. The minimum atomic E-state index is 0.397. The predicted molar refractivity (Wildman–Crippen MR) is 55.9 cm³/mol. The van der Waals surface area contributed by atoms with E-state index in [4.69, 9.17) is 4.74 Å². The van der Waals surface area contributed by atoms with Crippen LogP contribution in [0.15, 0.2) is 12.1 Å². The minimum absolute atomic E-state index is 0.397. The fourth-order valence-electron chi connectivity index (χ4n) is 1.03. The molecule has 1 aromatic rings. The van der Waals surface area contributed by atoms with Gasteiger partial charge < -0.3 is 4.74 Å². The summed E-state index contributed by atoms with van der Waals surface area (Å²) in [6.07, 6.45) is 0. The van der Waals surface area contributed by atoms with Gasteiger partial charge in [0.1, 0.15) is 12.4 Å². The highest BCUT2D eigenvalue weighted by molar-refractivity contribution is 9.12. The van der Waals surface area contributed by atoms with Crippen LogP contribution >= 0.6 is 15.9 Å². The van der Waals surface area contributed by atoms with Crippen molar-refractivity contribution in [1.82, 2.24) is 4.98 Å². The van der Waals surface area contributed by atoms with Crippen LogP contribution in [0.3, 0.4) is 0 Å². The fraction of sp³-hybridized carbons (Fsp3) is 0.300. The zero-order valence-corrected chi connectivity index (χ0v) is 9.18. The van der Waals surface area contributed by atoms with Gasteiger partial charge in [-0.25, -0.2) is 0 Å². The molecule has 0 aliphatic carbocycles. The Morgan fingerprint density at radius 3 is 2.54 bits per heavy atom. The average Bonchev–Trinajstić information content (AvgIpc) is 2.03. The van der Waals surface area contributed by atoms with Gasteiger partial charge in [0.15, 0.2) is 0 Å². The number of nitrogens with zero attached hydrogens (tertiary/aromatic N) is 1. The smallest absolute Gasteiger partial charge is 0.149 e. The van der Waals surface area contributed by atoms with Gasteiger partial charge in [-0.3, -0.25) is 4.98 Å². The molecule has 13 heavy (non-hydrogen) atoms. The van der Waals surface area contributed by atoms with Crippen LogP contribution in [0.2, 0.25) is 0 Å². The van der Waals surface area contributed by atoms with E-state index in [-0.39, 0.29) is 0 Å². The minimum Gasteiger partial charge on any atom is -0.481 e. The second-order valence-electron chi connectivity index (χ2n) is 2.65. The number of hydrogen-bond donors (Lipinski definition) is 0. The highest BCUT2D eigenvalue weighted by atomic mass is 79.9. The van der Waals surface area contributed by atoms with E-state index in [2.05, 4.69) is 31.7 Å². The van der Waals surface area contributed by atoms with E-state index in [1.54, 1.807) is 0 Å². The maximum atomic E-state index is 5.36. The van der Waals surface area contributed by atoms with Crippen LogP contribution in [-0.2, 0) is 0 Å². The van der Waals surface area contributed by atoms with E-state index in [0.717, 1.165) is 17.1 Å². The van der Waals surface area contributed by atoms with E-state index in [0.29, 0.717) is 6.61 Å². The fourth-order valence-corrected chi connectivity index (χ4v) is 1.14. The molecule has 3 heteroatoms. The van der Waals surface area contributed by atoms with Gasteiger partial charge in [-0.1, -0.05) is 0 Å². The summed E-state index contributed by atoms with van der Waals surface area (Å²) in [5.41, 5.74) is 1.92. The molecule has 0 saturated carbocycles. The molecule has 0 N–H and O–H groups in total. The molecule has 0 spiro atoms. The zero-order valence-electron chi connectivity index (χ0n) is 7.60. The Hall–Kier alpha value is -1.01. The highest BCUT2D eigenvalue weighted by Crippen LogP contribution is 2.12. The molecule has 0 fully saturated rings. The first-order valence-electron chi connectivity index (χ1n) is 3.89. The van der Waals surface area contributed by atoms with Gasteiger partial charge in [0.25, 0.3) is 0 Å². The lowest BCUT2D eigenvalue weighted by Gasteiger charge is -2.03. The Balaban J connectivity index is 2.69. The number of hydrogen-bond acceptors (Lipinski definition) is 2. The van der Waals surface area contributed by atoms with Gasteiger partial charge >= 0.3 is 0 Å². The van der Waals surface area contributed by atoms with Crippen molar-refractivity contribution in [3.63, 3.8) is 0 Å². The van der Waals surface area contributed by atoms with Crippen LogP contribution in [0.1, 0.15) is 11.4 Å². The summed E-state index contributed by atoms with van der Waals surface area (Å²) in [4.78, 5) is 6.83. The monoisotopic (exact) mass is 239 g/mol. The first-order chi connectivity index (χ1) is 6.22. The van der Waals surface area contributed by atoms with Gasteiger partial charge in [0.2, 0.25) is 0 Å². The third-order valence-corrected chi connectivity index (χ3v) is 1.71. The van der Waals surface area contributed by atoms with Crippen molar-refractivity contribution in [1.29, 1.82) is 0 Å². The zero-order chi connectivity index (χ0) is 9.68. The lowest BCUT2D eigenvalue weighted by molar-refractivity contribution is 0.369. The van der Waals surface area contributed by atoms with Crippen LogP contribution in [-0.4, -0.2) is 11.6 Å². The summed E-state index contributed by atoms with van der Waals surface area (Å²) in [5, 5.41) is 0. The van der Waals surface area contributed by atoms with Crippen molar-refractivity contribution in [3.05, 3.63) is 23.5 Å². The van der Waals surface area contributed by atoms with Crippen molar-refractivity contribution in [3.8, 4) is 16.5 Å². The second-order valence-corrected chi connectivity index (χ2v) is 3.04. The van der Waals surface area contributed by atoms with Crippen LogP contribution < -0.4 is 4.74 Å². The molecule has 0 aromatic carbocycles. The van der Waals surface area contributed by atoms with Crippen LogP contribution in [0.5, 0.6) is 5.75 Å². The van der Waals surface area contributed by atoms with E-state index in [9.17, 15) is 0 Å². The summed E-state index contributed by atoms with van der Waals surface area (Å²) >= 11 is 3.00. The predicted octanol–water partition coefficient (Wildman–Crippen LogP) is 2.43. The molecule has 0 atom stereocenters. The van der Waals surface area contributed by atoms with Crippen LogP contribution in [0, 0.1) is 24.6 Å². The largest absolute Gasteiger partial charge is 0.481 e. The standard InChI is InChI=1S/C10H10BrNO/c1-8-6-10(7-9(2)12-8)13-5-3-4-11/h6-7H,5H2,1-2H3. The Labute approximate surface area is 86.5 Å². The summed E-state index contributed by atoms with van der Waals surface area (Å²) < 4.78 is 5.36. The molecule has 0 radical (unpaired) electrons. The van der Waals surface area contributed by atoms with Crippen molar-refractivity contribution < 1.29 is 4.74 Å². The molecule has 0 unspecified atom stereocenters. The summed E-state index contributed by atoms with van der Waals surface area (Å²) in [6.45, 7) is 4.28. The molecule has 68 valence electrons. The Morgan fingerprint density at radius 1 is 1.38 bits per heavy atom. The van der Waals surface area contributed by atoms with E-state index in [1.807, 2.05) is 26.0 Å². The third kappa shape index (κ3) is 3.47. The number of rotatable bonds is 2. The molecule has 0 bridgehead atoms. The van der Waals surface area contributed by atoms with Crippen molar-refractivity contribution in [2.45, 2.75) is 13.8 Å². The first-order valence-corrected chi connectivity index (χ1v) is 4.68. The maximum Gasteiger partial charge on any atom is 0.149 e. The van der Waals surface area contributed by atoms with E-state index in [1.165, 1.54) is 0 Å². The van der Waals surface area contributed by atoms with Gasteiger partial charge in [-0.15, -0.1) is 0 Å². The number of aryl methyl sites for hydroxylation is 2. The number of ether oxygens (including phenoxy) is 1. The van der Waals surface area contributed by atoms with Crippen molar-refractivity contribution >= 4 is 15.9 Å². The maximum absolute atomic E-state index is 5.36. The third-order valence-electron chi connectivity index (χ3n) is 1.43. The van der Waals surface area contributed by atoms with Crippen molar-refractivity contribution in [2.75, 3.05) is 6.61 Å². The molecule has 1 heterocycles. The average molecular weight is 240 g/mol. The van der Waals surface area contributed by atoms with Crippen LogP contribution in [0.4, 0.5) is 0 Å². The molecule has 0 aliphatic rings. The van der Waals surface area contributed by atoms with E-state index < -0.39 is 0 Å².